The average Bonchev–Trinajstić information content (AvgIpc) is 3.10. The molecule has 1 heterocycles. The van der Waals surface area contributed by atoms with Crippen molar-refractivity contribution in [3.63, 3.8) is 0 Å². The molecule has 0 fully saturated rings. The van der Waals surface area contributed by atoms with Crippen LogP contribution in [0.3, 0.4) is 0 Å². The van der Waals surface area contributed by atoms with Crippen molar-refractivity contribution in [2.45, 2.75) is 6.61 Å². The first-order valence-corrected chi connectivity index (χ1v) is 8.11. The van der Waals surface area contributed by atoms with Gasteiger partial charge in [0, 0.05) is 11.1 Å². The number of hydrogen-bond donors (Lipinski definition) is 0. The molecule has 1 aromatic heterocycles. The fourth-order valence-electron chi connectivity index (χ4n) is 2.18. The van der Waals surface area contributed by atoms with E-state index in [9.17, 15) is 0 Å². The minimum Gasteiger partial charge on any atom is -0.455 e. The van der Waals surface area contributed by atoms with Gasteiger partial charge in [0.15, 0.2) is 0 Å². The lowest BCUT2D eigenvalue weighted by molar-refractivity contribution is 0.131. The highest BCUT2D eigenvalue weighted by Gasteiger charge is 2.06. The predicted octanol–water partition coefficient (Wildman–Crippen LogP) is 5.68. The topological polar surface area (TPSA) is 58.5 Å². The molecule has 0 unspecified atom stereocenters. The molecule has 0 aliphatic heterocycles. The largest absolute Gasteiger partial charge is 0.455 e. The first-order chi connectivity index (χ1) is 12.2. The van der Waals surface area contributed by atoms with Crippen molar-refractivity contribution in [1.29, 1.82) is 5.26 Å². The molecule has 4 nitrogen and oxygen atoms in total. The van der Waals surface area contributed by atoms with Crippen LogP contribution in [-0.2, 0) is 11.4 Å². The molecular weight excluding hydrogens is 359 g/mol. The summed E-state index contributed by atoms with van der Waals surface area (Å²) < 4.78 is 5.68. The third-order valence-electron chi connectivity index (χ3n) is 3.44. The summed E-state index contributed by atoms with van der Waals surface area (Å²) in [5.41, 5.74) is 2.16. The number of rotatable bonds is 5. The lowest BCUT2D eigenvalue weighted by atomic mass is 10.1. The van der Waals surface area contributed by atoms with E-state index in [4.69, 9.17) is 37.7 Å². The second-order valence-electron chi connectivity index (χ2n) is 5.11. The van der Waals surface area contributed by atoms with Gasteiger partial charge >= 0.3 is 0 Å². The Morgan fingerprint density at radius 1 is 1.08 bits per heavy atom. The molecule has 2 aromatic carbocycles. The van der Waals surface area contributed by atoms with Crippen LogP contribution in [0.4, 0.5) is 0 Å². The summed E-state index contributed by atoms with van der Waals surface area (Å²) in [6.07, 6.45) is 1.47. The molecule has 124 valence electrons. The summed E-state index contributed by atoms with van der Waals surface area (Å²) >= 11 is 11.9. The zero-order valence-electron chi connectivity index (χ0n) is 12.9. The first-order valence-electron chi connectivity index (χ1n) is 7.36. The molecule has 0 saturated heterocycles. The van der Waals surface area contributed by atoms with Crippen molar-refractivity contribution >= 4 is 29.4 Å². The maximum Gasteiger partial charge on any atom is 0.149 e. The zero-order valence-corrected chi connectivity index (χ0v) is 14.5. The third kappa shape index (κ3) is 4.21. The van der Waals surface area contributed by atoms with Crippen LogP contribution in [0.5, 0.6) is 0 Å². The van der Waals surface area contributed by atoms with Gasteiger partial charge in [-0.15, -0.1) is 0 Å². The number of halogens is 2. The van der Waals surface area contributed by atoms with E-state index in [-0.39, 0.29) is 6.61 Å². The molecule has 0 aliphatic carbocycles. The Morgan fingerprint density at radius 2 is 1.92 bits per heavy atom. The van der Waals surface area contributed by atoms with Crippen molar-refractivity contribution in [2.75, 3.05) is 0 Å². The van der Waals surface area contributed by atoms with Gasteiger partial charge in [-0.2, -0.15) is 5.26 Å². The molecule has 0 amide bonds. The monoisotopic (exact) mass is 370 g/mol. The zero-order chi connectivity index (χ0) is 17.6. The van der Waals surface area contributed by atoms with Crippen molar-refractivity contribution in [3.05, 3.63) is 81.5 Å². The van der Waals surface area contributed by atoms with Gasteiger partial charge in [0.1, 0.15) is 24.3 Å². The Hall–Kier alpha value is -2.74. The van der Waals surface area contributed by atoms with E-state index in [1.807, 2.05) is 24.3 Å². The van der Waals surface area contributed by atoms with Gasteiger partial charge in [0.05, 0.1) is 21.7 Å². The molecule has 0 radical (unpaired) electrons. The average molecular weight is 371 g/mol. The smallest absolute Gasteiger partial charge is 0.149 e. The molecular formula is C19H12Cl2N2O2. The van der Waals surface area contributed by atoms with Crippen molar-refractivity contribution in [3.8, 4) is 17.4 Å². The van der Waals surface area contributed by atoms with Crippen molar-refractivity contribution in [1.82, 2.24) is 0 Å². The summed E-state index contributed by atoms with van der Waals surface area (Å²) in [5.74, 6) is 1.18. The van der Waals surface area contributed by atoms with E-state index in [1.165, 1.54) is 6.21 Å². The minimum atomic E-state index is 0.209. The first kappa shape index (κ1) is 17.1. The maximum absolute atomic E-state index is 9.02. The summed E-state index contributed by atoms with van der Waals surface area (Å²) in [4.78, 5) is 5.24. The Morgan fingerprint density at radius 3 is 2.72 bits per heavy atom. The number of oxime groups is 1. The van der Waals surface area contributed by atoms with E-state index < -0.39 is 0 Å². The standard InChI is InChI=1S/C19H12Cl2N2O2/c20-17-7-5-13(9-18(17)21)19-8-6-16(25-19)11-23-24-12-15-4-2-1-3-14(15)10-22/h1-9,11H,12H2/b23-11+. The van der Waals surface area contributed by atoms with Crippen LogP contribution in [0.1, 0.15) is 16.9 Å². The summed E-state index contributed by atoms with van der Waals surface area (Å²) in [5, 5.41) is 13.9. The molecule has 0 bridgehead atoms. The number of hydrogen-bond acceptors (Lipinski definition) is 4. The number of nitrogens with zero attached hydrogens (tertiary/aromatic N) is 2. The molecule has 25 heavy (non-hydrogen) atoms. The van der Waals surface area contributed by atoms with Crippen LogP contribution in [0.25, 0.3) is 11.3 Å². The Kier molecular flexibility index (Phi) is 5.39. The van der Waals surface area contributed by atoms with Crippen LogP contribution >= 0.6 is 23.2 Å². The van der Waals surface area contributed by atoms with Gasteiger partial charge in [-0.05, 0) is 36.4 Å². The molecule has 0 N–H and O–H groups in total. The highest BCUT2D eigenvalue weighted by Crippen LogP contribution is 2.29. The van der Waals surface area contributed by atoms with Crippen LogP contribution < -0.4 is 0 Å². The fourth-order valence-corrected chi connectivity index (χ4v) is 2.48. The van der Waals surface area contributed by atoms with Crippen molar-refractivity contribution in [2.24, 2.45) is 5.16 Å². The Labute approximate surface area is 154 Å². The predicted molar refractivity (Wildman–Crippen MR) is 97.7 cm³/mol. The van der Waals surface area contributed by atoms with Gasteiger partial charge in [-0.25, -0.2) is 0 Å². The third-order valence-corrected chi connectivity index (χ3v) is 4.18. The number of benzene rings is 2. The van der Waals surface area contributed by atoms with E-state index in [0.717, 1.165) is 11.1 Å². The molecule has 3 aromatic rings. The number of furan rings is 1. The minimum absolute atomic E-state index is 0.209. The molecule has 3 rings (SSSR count). The van der Waals surface area contributed by atoms with Crippen LogP contribution in [0.15, 0.2) is 64.2 Å². The van der Waals surface area contributed by atoms with Gasteiger partial charge in [0.25, 0.3) is 0 Å². The van der Waals surface area contributed by atoms with Crippen LogP contribution in [-0.4, -0.2) is 6.21 Å². The second kappa shape index (κ2) is 7.89. The summed E-state index contributed by atoms with van der Waals surface area (Å²) in [6.45, 7) is 0.209. The SMILES string of the molecule is N#Cc1ccccc1CO/N=C/c1ccc(-c2ccc(Cl)c(Cl)c2)o1. The van der Waals surface area contributed by atoms with Gasteiger partial charge in [-0.1, -0.05) is 46.6 Å². The maximum atomic E-state index is 9.02. The van der Waals surface area contributed by atoms with Crippen LogP contribution in [0.2, 0.25) is 10.0 Å². The fraction of sp³-hybridized carbons (Fsp3) is 0.0526. The molecule has 0 spiro atoms. The molecule has 0 aliphatic rings. The molecule has 6 heteroatoms. The quantitative estimate of drug-likeness (QED) is 0.429. The van der Waals surface area contributed by atoms with Gasteiger partial charge < -0.3 is 9.25 Å². The summed E-state index contributed by atoms with van der Waals surface area (Å²) in [6, 6.07) is 18.2. The Bertz CT molecular complexity index is 958. The van der Waals surface area contributed by atoms with Crippen LogP contribution in [0, 0.1) is 11.3 Å². The molecule has 0 atom stereocenters. The van der Waals surface area contributed by atoms with Gasteiger partial charge in [-0.3, -0.25) is 0 Å². The van der Waals surface area contributed by atoms with E-state index in [0.29, 0.717) is 27.1 Å². The Balaban J connectivity index is 1.64. The van der Waals surface area contributed by atoms with Crippen molar-refractivity contribution < 1.29 is 9.25 Å². The normalized spacial score (nSPS) is 10.8. The highest BCUT2D eigenvalue weighted by atomic mass is 35.5. The molecule has 0 saturated carbocycles. The lowest BCUT2D eigenvalue weighted by Gasteiger charge is -2.01. The second-order valence-corrected chi connectivity index (χ2v) is 5.92. The summed E-state index contributed by atoms with van der Waals surface area (Å²) in [7, 11) is 0. The van der Waals surface area contributed by atoms with Gasteiger partial charge in [0.2, 0.25) is 0 Å². The highest BCUT2D eigenvalue weighted by molar-refractivity contribution is 6.42. The van der Waals surface area contributed by atoms with E-state index in [2.05, 4.69) is 11.2 Å². The lowest BCUT2D eigenvalue weighted by Crippen LogP contribution is -1.91. The number of nitriles is 1. The van der Waals surface area contributed by atoms with E-state index >= 15 is 0 Å². The van der Waals surface area contributed by atoms with E-state index in [1.54, 1.807) is 30.3 Å².